The fourth-order valence-electron chi connectivity index (χ4n) is 2.33. The lowest BCUT2D eigenvalue weighted by atomic mass is 9.87. The van der Waals surface area contributed by atoms with Gasteiger partial charge in [0.15, 0.2) is 0 Å². The van der Waals surface area contributed by atoms with Crippen molar-refractivity contribution in [3.8, 4) is 0 Å². The van der Waals surface area contributed by atoms with E-state index in [9.17, 15) is 4.79 Å². The van der Waals surface area contributed by atoms with Gasteiger partial charge in [0.1, 0.15) is 0 Å². The van der Waals surface area contributed by atoms with Gasteiger partial charge >= 0.3 is 0 Å². The van der Waals surface area contributed by atoms with E-state index in [-0.39, 0.29) is 17.4 Å². The summed E-state index contributed by atoms with van der Waals surface area (Å²) in [4.78, 5) is 11.6. The van der Waals surface area contributed by atoms with Gasteiger partial charge in [0.2, 0.25) is 5.91 Å². The molecule has 1 aromatic rings. The van der Waals surface area contributed by atoms with Gasteiger partial charge in [-0.2, -0.15) is 0 Å². The molecule has 0 spiro atoms. The molecule has 3 nitrogen and oxygen atoms in total. The van der Waals surface area contributed by atoms with Gasteiger partial charge in [0.25, 0.3) is 0 Å². The summed E-state index contributed by atoms with van der Waals surface area (Å²) in [5, 5.41) is 6.23. The minimum atomic E-state index is -0.0314. The fourth-order valence-corrected chi connectivity index (χ4v) is 2.33. The number of amides is 1. The van der Waals surface area contributed by atoms with E-state index in [4.69, 9.17) is 0 Å². The van der Waals surface area contributed by atoms with Gasteiger partial charge in [0, 0.05) is 13.1 Å². The summed E-state index contributed by atoms with van der Waals surface area (Å²) in [6.07, 6.45) is 2.00. The molecule has 1 saturated heterocycles. The monoisotopic (exact) mass is 260 g/mol. The van der Waals surface area contributed by atoms with Gasteiger partial charge in [-0.3, -0.25) is 4.79 Å². The molecule has 1 unspecified atom stereocenters. The molecular weight excluding hydrogens is 236 g/mol. The molecular formula is C16H24N2O. The van der Waals surface area contributed by atoms with Gasteiger partial charge in [0.05, 0.1) is 6.04 Å². The smallest absolute Gasteiger partial charge is 0.237 e. The van der Waals surface area contributed by atoms with Crippen LogP contribution in [0.1, 0.15) is 44.7 Å². The third-order valence-corrected chi connectivity index (χ3v) is 3.66. The van der Waals surface area contributed by atoms with E-state index in [1.54, 1.807) is 0 Å². The number of rotatable bonds is 3. The zero-order chi connectivity index (χ0) is 13.9. The molecule has 0 saturated carbocycles. The lowest BCUT2D eigenvalue weighted by Crippen LogP contribution is -2.47. The van der Waals surface area contributed by atoms with Gasteiger partial charge in [-0.1, -0.05) is 45.0 Å². The quantitative estimate of drug-likeness (QED) is 0.876. The van der Waals surface area contributed by atoms with Gasteiger partial charge in [-0.05, 0) is 29.4 Å². The summed E-state index contributed by atoms with van der Waals surface area (Å²) in [5.74, 6) is 0.137. The molecule has 104 valence electrons. The second kappa shape index (κ2) is 5.74. The van der Waals surface area contributed by atoms with Crippen molar-refractivity contribution in [2.24, 2.45) is 0 Å². The average molecular weight is 260 g/mol. The maximum atomic E-state index is 11.6. The Bertz CT molecular complexity index is 431. The first-order valence-electron chi connectivity index (χ1n) is 7.07. The summed E-state index contributed by atoms with van der Waals surface area (Å²) in [6.45, 7) is 8.21. The topological polar surface area (TPSA) is 41.1 Å². The number of hydrogen-bond acceptors (Lipinski definition) is 2. The van der Waals surface area contributed by atoms with E-state index < -0.39 is 0 Å². The van der Waals surface area contributed by atoms with Gasteiger partial charge < -0.3 is 10.6 Å². The molecule has 1 atom stereocenters. The first kappa shape index (κ1) is 14.1. The molecule has 1 fully saturated rings. The highest BCUT2D eigenvalue weighted by atomic mass is 16.2. The fraction of sp³-hybridized carbons (Fsp3) is 0.562. The normalized spacial score (nSPS) is 20.2. The zero-order valence-corrected chi connectivity index (χ0v) is 12.1. The Balaban J connectivity index is 1.91. The predicted octanol–water partition coefficient (Wildman–Crippen LogP) is 2.35. The van der Waals surface area contributed by atoms with E-state index in [1.807, 2.05) is 0 Å². The van der Waals surface area contributed by atoms with Crippen molar-refractivity contribution in [2.45, 2.75) is 51.6 Å². The number of nitrogens with one attached hydrogen (secondary N) is 2. The van der Waals surface area contributed by atoms with Crippen LogP contribution in [0.25, 0.3) is 0 Å². The standard InChI is InChI=1S/C16H24N2O/c1-16(2,3)13-8-6-12(7-9-13)11-18-14-5-4-10-17-15(14)19/h6-9,14,18H,4-5,10-11H2,1-3H3,(H,17,19). The van der Waals surface area contributed by atoms with Crippen LogP contribution < -0.4 is 10.6 Å². The third kappa shape index (κ3) is 3.80. The number of hydrogen-bond donors (Lipinski definition) is 2. The first-order valence-corrected chi connectivity index (χ1v) is 7.07. The summed E-state index contributed by atoms with van der Waals surface area (Å²) >= 11 is 0. The highest BCUT2D eigenvalue weighted by Gasteiger charge is 2.21. The maximum Gasteiger partial charge on any atom is 0.237 e. The Kier molecular flexibility index (Phi) is 4.25. The minimum Gasteiger partial charge on any atom is -0.355 e. The summed E-state index contributed by atoms with van der Waals surface area (Å²) in [5.41, 5.74) is 2.76. The average Bonchev–Trinajstić information content (AvgIpc) is 2.37. The van der Waals surface area contributed by atoms with Crippen LogP contribution >= 0.6 is 0 Å². The molecule has 0 aromatic heterocycles. The zero-order valence-electron chi connectivity index (χ0n) is 12.1. The number of benzene rings is 1. The van der Waals surface area contributed by atoms with Crippen molar-refractivity contribution in [1.29, 1.82) is 0 Å². The van der Waals surface area contributed by atoms with Crippen molar-refractivity contribution >= 4 is 5.91 Å². The lowest BCUT2D eigenvalue weighted by molar-refractivity contribution is -0.124. The predicted molar refractivity (Wildman–Crippen MR) is 78.0 cm³/mol. The largest absolute Gasteiger partial charge is 0.355 e. The van der Waals surface area contributed by atoms with Crippen molar-refractivity contribution in [3.05, 3.63) is 35.4 Å². The van der Waals surface area contributed by atoms with Crippen molar-refractivity contribution in [2.75, 3.05) is 6.54 Å². The Morgan fingerprint density at radius 2 is 1.95 bits per heavy atom. The number of piperidine rings is 1. The molecule has 1 aliphatic rings. The van der Waals surface area contributed by atoms with E-state index in [0.717, 1.165) is 25.9 Å². The number of carbonyl (C=O) groups excluding carboxylic acids is 1. The van der Waals surface area contributed by atoms with Crippen LogP contribution in [-0.2, 0) is 16.8 Å². The highest BCUT2D eigenvalue weighted by Crippen LogP contribution is 2.22. The van der Waals surface area contributed by atoms with E-state index >= 15 is 0 Å². The van der Waals surface area contributed by atoms with Crippen LogP contribution in [0.3, 0.4) is 0 Å². The Hall–Kier alpha value is -1.35. The van der Waals surface area contributed by atoms with Crippen LogP contribution in [0.15, 0.2) is 24.3 Å². The van der Waals surface area contributed by atoms with Crippen molar-refractivity contribution < 1.29 is 4.79 Å². The molecule has 19 heavy (non-hydrogen) atoms. The third-order valence-electron chi connectivity index (χ3n) is 3.66. The van der Waals surface area contributed by atoms with E-state index in [2.05, 4.69) is 55.7 Å². The van der Waals surface area contributed by atoms with Gasteiger partial charge in [-0.25, -0.2) is 0 Å². The molecule has 3 heteroatoms. The Morgan fingerprint density at radius 1 is 1.26 bits per heavy atom. The van der Waals surface area contributed by atoms with E-state index in [0.29, 0.717) is 0 Å². The molecule has 1 aromatic carbocycles. The van der Waals surface area contributed by atoms with Crippen LogP contribution in [0, 0.1) is 0 Å². The van der Waals surface area contributed by atoms with Crippen molar-refractivity contribution in [1.82, 2.24) is 10.6 Å². The maximum absolute atomic E-state index is 11.6. The van der Waals surface area contributed by atoms with Crippen LogP contribution in [0.2, 0.25) is 0 Å². The molecule has 2 rings (SSSR count). The van der Waals surface area contributed by atoms with Crippen LogP contribution in [-0.4, -0.2) is 18.5 Å². The number of carbonyl (C=O) groups is 1. The second-order valence-corrected chi connectivity index (χ2v) is 6.31. The van der Waals surface area contributed by atoms with Crippen molar-refractivity contribution in [3.63, 3.8) is 0 Å². The highest BCUT2D eigenvalue weighted by molar-refractivity contribution is 5.82. The molecule has 2 N–H and O–H groups in total. The molecule has 0 radical (unpaired) electrons. The molecule has 1 aliphatic heterocycles. The minimum absolute atomic E-state index is 0.0314. The van der Waals surface area contributed by atoms with Crippen LogP contribution in [0.5, 0.6) is 0 Å². The van der Waals surface area contributed by atoms with E-state index in [1.165, 1.54) is 11.1 Å². The Labute approximate surface area is 115 Å². The SMILES string of the molecule is CC(C)(C)c1ccc(CNC2CCCNC2=O)cc1. The molecule has 1 heterocycles. The summed E-state index contributed by atoms with van der Waals surface area (Å²) in [6, 6.07) is 8.62. The Morgan fingerprint density at radius 3 is 2.53 bits per heavy atom. The lowest BCUT2D eigenvalue weighted by Gasteiger charge is -2.23. The van der Waals surface area contributed by atoms with Crippen LogP contribution in [0.4, 0.5) is 0 Å². The molecule has 1 amide bonds. The molecule has 0 bridgehead atoms. The summed E-state index contributed by atoms with van der Waals surface area (Å²) in [7, 11) is 0. The second-order valence-electron chi connectivity index (χ2n) is 6.31. The first-order chi connectivity index (χ1) is 8.97. The van der Waals surface area contributed by atoms with Gasteiger partial charge in [-0.15, -0.1) is 0 Å². The summed E-state index contributed by atoms with van der Waals surface area (Å²) < 4.78 is 0. The molecule has 0 aliphatic carbocycles.